The van der Waals surface area contributed by atoms with Crippen molar-refractivity contribution in [2.24, 2.45) is 0 Å². The number of pyridine rings is 1. The Bertz CT molecular complexity index is 919. The molecule has 7 heteroatoms. The van der Waals surface area contributed by atoms with Crippen molar-refractivity contribution in [3.05, 3.63) is 74.1 Å². The van der Waals surface area contributed by atoms with Gasteiger partial charge in [-0.1, -0.05) is 12.1 Å². The Balaban J connectivity index is 1.77. The van der Waals surface area contributed by atoms with Crippen molar-refractivity contribution >= 4 is 43.6 Å². The Morgan fingerprint density at radius 3 is 2.64 bits per heavy atom. The number of amides is 1. The zero-order chi connectivity index (χ0) is 18.0. The van der Waals surface area contributed by atoms with Crippen LogP contribution in [0.3, 0.4) is 0 Å². The summed E-state index contributed by atoms with van der Waals surface area (Å²) < 4.78 is 3.80. The van der Waals surface area contributed by atoms with E-state index < -0.39 is 0 Å². The largest absolute Gasteiger partial charge is 0.307 e. The fourth-order valence-corrected chi connectivity index (χ4v) is 2.97. The Labute approximate surface area is 162 Å². The van der Waals surface area contributed by atoms with Gasteiger partial charge in [0.25, 0.3) is 5.91 Å². The van der Waals surface area contributed by atoms with E-state index in [0.29, 0.717) is 17.9 Å². The van der Waals surface area contributed by atoms with Gasteiger partial charge in [0, 0.05) is 16.2 Å². The Morgan fingerprint density at radius 2 is 2.00 bits per heavy atom. The first-order valence-corrected chi connectivity index (χ1v) is 9.24. The molecule has 0 unspecified atom stereocenters. The van der Waals surface area contributed by atoms with Crippen LogP contribution in [0.5, 0.6) is 0 Å². The van der Waals surface area contributed by atoms with Gasteiger partial charge in [-0.15, -0.1) is 0 Å². The second-order valence-corrected chi connectivity index (χ2v) is 7.37. The van der Waals surface area contributed by atoms with Crippen LogP contribution in [0, 0.1) is 13.8 Å². The minimum atomic E-state index is -0.189. The molecule has 3 rings (SSSR count). The summed E-state index contributed by atoms with van der Waals surface area (Å²) in [5, 5.41) is 7.31. The van der Waals surface area contributed by atoms with Gasteiger partial charge >= 0.3 is 0 Å². The Morgan fingerprint density at radius 1 is 1.20 bits per heavy atom. The molecule has 1 aromatic carbocycles. The molecule has 0 saturated carbocycles. The molecule has 0 spiro atoms. The van der Waals surface area contributed by atoms with Crippen molar-refractivity contribution in [2.45, 2.75) is 20.4 Å². The molecule has 3 aromatic rings. The van der Waals surface area contributed by atoms with Crippen LogP contribution in [-0.4, -0.2) is 20.7 Å². The van der Waals surface area contributed by atoms with Crippen molar-refractivity contribution < 1.29 is 4.79 Å². The van der Waals surface area contributed by atoms with Gasteiger partial charge in [0.2, 0.25) is 0 Å². The molecular weight excluding hydrogens is 448 g/mol. The molecule has 0 saturated heterocycles. The summed E-state index contributed by atoms with van der Waals surface area (Å²) in [7, 11) is 0. The van der Waals surface area contributed by atoms with Crippen LogP contribution in [0.25, 0.3) is 0 Å². The number of hydrogen-bond acceptors (Lipinski definition) is 3. The zero-order valence-corrected chi connectivity index (χ0v) is 16.9. The molecule has 0 bridgehead atoms. The topological polar surface area (TPSA) is 59.8 Å². The fourth-order valence-electron chi connectivity index (χ4n) is 2.45. The number of anilines is 1. The highest BCUT2D eigenvalue weighted by molar-refractivity contribution is 9.10. The number of nitrogens with one attached hydrogen (secondary N) is 1. The molecule has 1 N–H and O–H groups in total. The van der Waals surface area contributed by atoms with Crippen molar-refractivity contribution in [1.82, 2.24) is 14.8 Å². The van der Waals surface area contributed by atoms with Crippen LogP contribution in [0.1, 0.15) is 27.3 Å². The van der Waals surface area contributed by atoms with Gasteiger partial charge < -0.3 is 5.32 Å². The van der Waals surface area contributed by atoms with Gasteiger partial charge in [-0.3, -0.25) is 9.48 Å². The highest BCUT2D eigenvalue weighted by atomic mass is 79.9. The van der Waals surface area contributed by atoms with Crippen molar-refractivity contribution in [3.8, 4) is 0 Å². The molecule has 5 nitrogen and oxygen atoms in total. The van der Waals surface area contributed by atoms with Crippen LogP contribution in [-0.2, 0) is 6.54 Å². The highest BCUT2D eigenvalue weighted by Gasteiger charge is 2.11. The summed E-state index contributed by atoms with van der Waals surface area (Å²) in [4.78, 5) is 16.6. The highest BCUT2D eigenvalue weighted by Crippen LogP contribution is 2.21. The fraction of sp³-hybridized carbons (Fsp3) is 0.167. The lowest BCUT2D eigenvalue weighted by atomic mass is 10.1. The quantitative estimate of drug-likeness (QED) is 0.608. The number of rotatable bonds is 4. The molecule has 0 aliphatic rings. The Hall–Kier alpha value is -1.99. The molecule has 0 aliphatic carbocycles. The molecule has 0 aliphatic heterocycles. The van der Waals surface area contributed by atoms with E-state index in [2.05, 4.69) is 47.3 Å². The lowest BCUT2D eigenvalue weighted by molar-refractivity contribution is 0.102. The minimum Gasteiger partial charge on any atom is -0.307 e. The summed E-state index contributed by atoms with van der Waals surface area (Å²) in [5.41, 5.74) is 3.61. The average molecular weight is 464 g/mol. The standard InChI is InChI=1S/C18H16Br2N4O/c1-11-17(20)12(2)24(23-11)10-13-4-3-5-14(8-13)18(25)22-16-7-6-15(19)9-21-16/h3-9H,10H2,1-2H3,(H,21,22,25). The molecule has 2 aromatic heterocycles. The summed E-state index contributed by atoms with van der Waals surface area (Å²) in [6, 6.07) is 11.1. The maximum atomic E-state index is 12.4. The molecule has 0 atom stereocenters. The van der Waals surface area contributed by atoms with Crippen LogP contribution >= 0.6 is 31.9 Å². The first-order valence-electron chi connectivity index (χ1n) is 7.65. The minimum absolute atomic E-state index is 0.189. The van der Waals surface area contributed by atoms with Crippen LogP contribution in [0.15, 0.2) is 51.5 Å². The van der Waals surface area contributed by atoms with E-state index in [-0.39, 0.29) is 5.91 Å². The van der Waals surface area contributed by atoms with Crippen LogP contribution < -0.4 is 5.32 Å². The van der Waals surface area contributed by atoms with E-state index in [1.54, 1.807) is 18.3 Å². The maximum Gasteiger partial charge on any atom is 0.256 e. The lowest BCUT2D eigenvalue weighted by Crippen LogP contribution is -2.13. The zero-order valence-electron chi connectivity index (χ0n) is 13.8. The maximum absolute atomic E-state index is 12.4. The van der Waals surface area contributed by atoms with E-state index in [9.17, 15) is 4.79 Å². The SMILES string of the molecule is Cc1nn(Cc2cccc(C(=O)Nc3ccc(Br)cn3)c2)c(C)c1Br. The number of nitrogens with zero attached hydrogens (tertiary/aromatic N) is 3. The summed E-state index contributed by atoms with van der Waals surface area (Å²) in [6.45, 7) is 4.58. The van der Waals surface area contributed by atoms with Gasteiger partial charge in [-0.25, -0.2) is 4.98 Å². The third-order valence-corrected chi connectivity index (χ3v) is 5.40. The molecule has 0 fully saturated rings. The Kier molecular flexibility index (Phi) is 5.34. The second-order valence-electron chi connectivity index (χ2n) is 5.66. The van der Waals surface area contributed by atoms with Gasteiger partial charge in [0.1, 0.15) is 5.82 Å². The van der Waals surface area contributed by atoms with E-state index in [4.69, 9.17) is 0 Å². The molecule has 1 amide bonds. The van der Waals surface area contributed by atoms with Crippen molar-refractivity contribution in [3.63, 3.8) is 0 Å². The molecule has 2 heterocycles. The normalized spacial score (nSPS) is 10.7. The number of benzene rings is 1. The average Bonchev–Trinajstić information content (AvgIpc) is 2.84. The first kappa shape index (κ1) is 17.8. The van der Waals surface area contributed by atoms with Gasteiger partial charge in [0.15, 0.2) is 0 Å². The number of carbonyl (C=O) groups is 1. The van der Waals surface area contributed by atoms with Crippen molar-refractivity contribution in [1.29, 1.82) is 0 Å². The second kappa shape index (κ2) is 7.49. The molecule has 0 radical (unpaired) electrons. The van der Waals surface area contributed by atoms with E-state index in [1.165, 1.54) is 0 Å². The summed E-state index contributed by atoms with van der Waals surface area (Å²) in [6.07, 6.45) is 1.65. The number of aromatic nitrogens is 3. The number of hydrogen-bond donors (Lipinski definition) is 1. The third-order valence-electron chi connectivity index (χ3n) is 3.78. The van der Waals surface area contributed by atoms with Gasteiger partial charge in [-0.2, -0.15) is 5.10 Å². The molecular formula is C18H16Br2N4O. The first-order chi connectivity index (χ1) is 11.9. The number of halogens is 2. The van der Waals surface area contributed by atoms with E-state index >= 15 is 0 Å². The number of carbonyl (C=O) groups excluding carboxylic acids is 1. The van der Waals surface area contributed by atoms with Gasteiger partial charge in [-0.05, 0) is 75.5 Å². The van der Waals surface area contributed by atoms with Gasteiger partial charge in [0.05, 0.1) is 22.4 Å². The van der Waals surface area contributed by atoms with Crippen molar-refractivity contribution in [2.75, 3.05) is 5.32 Å². The van der Waals surface area contributed by atoms with E-state index in [1.807, 2.05) is 42.8 Å². The van der Waals surface area contributed by atoms with Crippen LogP contribution in [0.4, 0.5) is 5.82 Å². The lowest BCUT2D eigenvalue weighted by Gasteiger charge is -2.08. The molecule has 25 heavy (non-hydrogen) atoms. The van der Waals surface area contributed by atoms with Crippen LogP contribution in [0.2, 0.25) is 0 Å². The monoisotopic (exact) mass is 462 g/mol. The summed E-state index contributed by atoms with van der Waals surface area (Å²) >= 11 is 6.86. The summed E-state index contributed by atoms with van der Waals surface area (Å²) in [5.74, 6) is 0.326. The third kappa shape index (κ3) is 4.16. The van der Waals surface area contributed by atoms with E-state index in [0.717, 1.165) is 25.9 Å². The predicted molar refractivity (Wildman–Crippen MR) is 105 cm³/mol. The molecule has 128 valence electrons. The number of aryl methyl sites for hydroxylation is 1. The predicted octanol–water partition coefficient (Wildman–Crippen LogP) is 4.72. The smallest absolute Gasteiger partial charge is 0.256 e.